The Kier molecular flexibility index (Phi) is 7.66. The SMILES string of the molecule is C[SiH2]OC(O[SiH2]C)(C(C)/C=[N+](\[O-])Cc1ccccc1)C(C)(C)C. The van der Waals surface area contributed by atoms with Crippen molar-refractivity contribution in [3.63, 3.8) is 0 Å². The van der Waals surface area contributed by atoms with Crippen molar-refractivity contribution in [2.75, 3.05) is 0 Å². The van der Waals surface area contributed by atoms with Crippen LogP contribution in [0, 0.1) is 16.5 Å². The first-order valence-corrected chi connectivity index (χ1v) is 12.4. The van der Waals surface area contributed by atoms with Crippen molar-refractivity contribution >= 4 is 25.7 Å². The molecule has 0 radical (unpaired) electrons. The van der Waals surface area contributed by atoms with Gasteiger partial charge in [-0.1, -0.05) is 64.2 Å². The van der Waals surface area contributed by atoms with Crippen LogP contribution < -0.4 is 0 Å². The molecule has 1 rings (SSSR count). The lowest BCUT2D eigenvalue weighted by Gasteiger charge is -2.47. The van der Waals surface area contributed by atoms with Crippen molar-refractivity contribution < 1.29 is 13.6 Å². The molecule has 0 spiro atoms. The topological polar surface area (TPSA) is 44.5 Å². The van der Waals surface area contributed by atoms with E-state index in [9.17, 15) is 5.21 Å². The maximum Gasteiger partial charge on any atom is 0.178 e. The molecule has 1 aromatic rings. The van der Waals surface area contributed by atoms with Crippen LogP contribution in [0.4, 0.5) is 0 Å². The first-order chi connectivity index (χ1) is 10.8. The molecule has 130 valence electrons. The minimum atomic E-state index is -0.700. The highest BCUT2D eigenvalue weighted by Crippen LogP contribution is 2.40. The van der Waals surface area contributed by atoms with E-state index in [-0.39, 0.29) is 11.3 Å². The summed E-state index contributed by atoms with van der Waals surface area (Å²) in [6, 6.07) is 9.78. The molecule has 0 N–H and O–H groups in total. The van der Waals surface area contributed by atoms with Gasteiger partial charge in [0.25, 0.3) is 0 Å². The third-order valence-corrected chi connectivity index (χ3v) is 5.37. The largest absolute Gasteiger partial charge is 0.624 e. The Balaban J connectivity index is 3.03. The number of hydrogen-bond donors (Lipinski definition) is 0. The quantitative estimate of drug-likeness (QED) is 0.180. The summed E-state index contributed by atoms with van der Waals surface area (Å²) in [5.74, 6) is -0.808. The molecular weight excluding hydrogens is 322 g/mol. The Labute approximate surface area is 145 Å². The van der Waals surface area contributed by atoms with E-state index in [0.717, 1.165) is 10.3 Å². The van der Waals surface area contributed by atoms with Gasteiger partial charge < -0.3 is 14.1 Å². The molecule has 0 aromatic heterocycles. The molecule has 1 atom stereocenters. The van der Waals surface area contributed by atoms with Crippen LogP contribution in [0.15, 0.2) is 30.3 Å². The van der Waals surface area contributed by atoms with E-state index in [1.807, 2.05) is 37.3 Å². The summed E-state index contributed by atoms with van der Waals surface area (Å²) in [5, 5.41) is 12.4. The molecule has 0 saturated heterocycles. The Hall–Kier alpha value is -0.956. The monoisotopic (exact) mass is 353 g/mol. The van der Waals surface area contributed by atoms with Gasteiger partial charge in [-0.3, -0.25) is 0 Å². The highest BCUT2D eigenvalue weighted by atomic mass is 28.2. The zero-order valence-electron chi connectivity index (χ0n) is 15.3. The van der Waals surface area contributed by atoms with E-state index < -0.39 is 25.3 Å². The second-order valence-electron chi connectivity index (χ2n) is 6.78. The number of hydrogen-bond acceptors (Lipinski definition) is 3. The maximum absolute atomic E-state index is 12.4. The molecule has 1 aromatic carbocycles. The highest BCUT2D eigenvalue weighted by Gasteiger charge is 2.48. The molecule has 0 saturated carbocycles. The van der Waals surface area contributed by atoms with Crippen molar-refractivity contribution in [1.82, 2.24) is 0 Å². The fraction of sp³-hybridized carbons (Fsp3) is 0.588. The summed E-state index contributed by atoms with van der Waals surface area (Å²) in [4.78, 5) is 0. The zero-order valence-corrected chi connectivity index (χ0v) is 18.2. The van der Waals surface area contributed by atoms with Gasteiger partial charge in [0.1, 0.15) is 0 Å². The van der Waals surface area contributed by atoms with Crippen LogP contribution in [-0.2, 0) is 15.4 Å². The Morgan fingerprint density at radius 1 is 1.13 bits per heavy atom. The Morgan fingerprint density at radius 2 is 1.65 bits per heavy atom. The molecule has 23 heavy (non-hydrogen) atoms. The molecule has 0 amide bonds. The summed E-state index contributed by atoms with van der Waals surface area (Å²) in [6.45, 7) is 12.9. The fourth-order valence-corrected chi connectivity index (χ4v) is 5.60. The molecule has 0 bridgehead atoms. The first kappa shape index (κ1) is 20.1. The van der Waals surface area contributed by atoms with Crippen molar-refractivity contribution in [1.29, 1.82) is 0 Å². The molecule has 1 unspecified atom stereocenters. The van der Waals surface area contributed by atoms with Crippen LogP contribution in [0.2, 0.25) is 13.1 Å². The normalized spacial score (nSPS) is 17.9. The standard InChI is InChI=1S/C17H31NO3Si2/c1-14(12-18(19)13-15-10-8-7-9-11-15)17(20-22-5,21-23-6)16(2,3)4/h7-12,14H,13,22-23H2,1-6H3/b18-12-. The lowest BCUT2D eigenvalue weighted by Crippen LogP contribution is -2.55. The van der Waals surface area contributed by atoms with Crippen molar-refractivity contribution in [2.24, 2.45) is 11.3 Å². The number of rotatable bonds is 8. The molecule has 0 aliphatic heterocycles. The summed E-state index contributed by atoms with van der Waals surface area (Å²) in [7, 11) is -1.33. The van der Waals surface area contributed by atoms with Crippen molar-refractivity contribution in [2.45, 2.75) is 53.1 Å². The summed E-state index contributed by atoms with van der Waals surface area (Å²) in [5.41, 5.74) is 0.812. The van der Waals surface area contributed by atoms with Gasteiger partial charge >= 0.3 is 0 Å². The number of hydroxylamine groups is 1. The average Bonchev–Trinajstić information content (AvgIpc) is 2.46. The van der Waals surface area contributed by atoms with Gasteiger partial charge in [-0.05, 0) is 6.92 Å². The van der Waals surface area contributed by atoms with Crippen LogP contribution in [0.5, 0.6) is 0 Å². The van der Waals surface area contributed by atoms with Crippen molar-refractivity contribution in [3.8, 4) is 0 Å². The van der Waals surface area contributed by atoms with Gasteiger partial charge in [-0.15, -0.1) is 0 Å². The third-order valence-electron chi connectivity index (χ3n) is 3.93. The number of benzene rings is 1. The third kappa shape index (κ3) is 5.27. The molecular formula is C17H31NO3Si2. The van der Waals surface area contributed by atoms with Crippen LogP contribution in [0.3, 0.4) is 0 Å². The van der Waals surface area contributed by atoms with E-state index in [1.165, 1.54) is 0 Å². The summed E-state index contributed by atoms with van der Waals surface area (Å²) < 4.78 is 13.4. The van der Waals surface area contributed by atoms with E-state index in [0.29, 0.717) is 6.54 Å². The van der Waals surface area contributed by atoms with Gasteiger partial charge in [-0.2, -0.15) is 0 Å². The van der Waals surface area contributed by atoms with E-state index in [2.05, 4.69) is 33.9 Å². The molecule has 0 fully saturated rings. The predicted molar refractivity (Wildman–Crippen MR) is 102 cm³/mol. The minimum Gasteiger partial charge on any atom is -0.624 e. The molecule has 0 aliphatic rings. The van der Waals surface area contributed by atoms with Gasteiger partial charge in [0.05, 0.1) is 5.92 Å². The number of nitrogens with zero attached hydrogens (tertiary/aromatic N) is 1. The second-order valence-corrected chi connectivity index (χ2v) is 8.51. The van der Waals surface area contributed by atoms with Crippen LogP contribution in [0.1, 0.15) is 33.3 Å². The zero-order chi connectivity index (χ0) is 17.5. The van der Waals surface area contributed by atoms with E-state index in [1.54, 1.807) is 6.21 Å². The van der Waals surface area contributed by atoms with Gasteiger partial charge in [0.2, 0.25) is 0 Å². The van der Waals surface area contributed by atoms with Gasteiger partial charge in [0.15, 0.2) is 38.1 Å². The lowest BCUT2D eigenvalue weighted by atomic mass is 9.78. The summed E-state index contributed by atoms with van der Waals surface area (Å²) >= 11 is 0. The minimum absolute atomic E-state index is 0.108. The van der Waals surface area contributed by atoms with E-state index >= 15 is 0 Å². The average molecular weight is 354 g/mol. The predicted octanol–water partition coefficient (Wildman–Crippen LogP) is 2.44. The first-order valence-electron chi connectivity index (χ1n) is 8.37. The van der Waals surface area contributed by atoms with Crippen molar-refractivity contribution in [3.05, 3.63) is 41.1 Å². The lowest BCUT2D eigenvalue weighted by molar-refractivity contribution is -0.474. The molecule has 6 heteroatoms. The van der Waals surface area contributed by atoms with Crippen LogP contribution in [-0.4, -0.2) is 36.3 Å². The summed E-state index contributed by atoms with van der Waals surface area (Å²) in [6.07, 6.45) is 1.71. The van der Waals surface area contributed by atoms with Crippen LogP contribution >= 0.6 is 0 Å². The Morgan fingerprint density at radius 3 is 2.09 bits per heavy atom. The highest BCUT2D eigenvalue weighted by molar-refractivity contribution is 6.26. The second kappa shape index (κ2) is 8.77. The van der Waals surface area contributed by atoms with Gasteiger partial charge in [-0.25, -0.2) is 4.74 Å². The van der Waals surface area contributed by atoms with Gasteiger partial charge in [0, 0.05) is 11.0 Å². The maximum atomic E-state index is 12.4. The van der Waals surface area contributed by atoms with Crippen LogP contribution in [0.25, 0.3) is 0 Å². The fourth-order valence-electron chi connectivity index (χ4n) is 3.01. The smallest absolute Gasteiger partial charge is 0.178 e. The molecule has 0 aliphatic carbocycles. The molecule has 0 heterocycles. The molecule has 4 nitrogen and oxygen atoms in total. The van der Waals surface area contributed by atoms with E-state index in [4.69, 9.17) is 8.85 Å². The Bertz CT molecular complexity index is 494.